The first kappa shape index (κ1) is 8.69. The third-order valence-corrected chi connectivity index (χ3v) is 1.40. The molecule has 4 heteroatoms. The third-order valence-electron chi connectivity index (χ3n) is 1.22. The van der Waals surface area contributed by atoms with Crippen molar-refractivity contribution in [1.82, 2.24) is 9.97 Å². The van der Waals surface area contributed by atoms with E-state index in [9.17, 15) is 4.79 Å². The Kier molecular flexibility index (Phi) is 2.78. The van der Waals surface area contributed by atoms with E-state index in [-0.39, 0.29) is 5.28 Å². The highest BCUT2D eigenvalue weighted by molar-refractivity contribution is 6.28. The summed E-state index contributed by atoms with van der Waals surface area (Å²) in [6.45, 7) is 1.75. The molecular formula is C8H5ClN2O. The molecule has 12 heavy (non-hydrogen) atoms. The number of hydrogen-bond donors (Lipinski definition) is 0. The Labute approximate surface area is 74.8 Å². The Morgan fingerprint density at radius 2 is 2.42 bits per heavy atom. The van der Waals surface area contributed by atoms with Crippen LogP contribution in [0.4, 0.5) is 0 Å². The molecule has 3 nitrogen and oxygen atoms in total. The molecule has 0 atom stereocenters. The molecular weight excluding hydrogens is 176 g/mol. The van der Waals surface area contributed by atoms with E-state index in [1.54, 1.807) is 6.92 Å². The average molecular weight is 181 g/mol. The van der Waals surface area contributed by atoms with E-state index in [0.717, 1.165) is 0 Å². The Hall–Kier alpha value is -1.40. The van der Waals surface area contributed by atoms with Crippen LogP contribution in [0.25, 0.3) is 0 Å². The predicted octanol–water partition coefficient (Wildman–Crippen LogP) is 0.989. The van der Waals surface area contributed by atoms with Gasteiger partial charge in [0, 0.05) is 6.20 Å². The van der Waals surface area contributed by atoms with Gasteiger partial charge in [0.25, 0.3) is 0 Å². The quantitative estimate of drug-likeness (QED) is 0.340. The summed E-state index contributed by atoms with van der Waals surface area (Å²) >= 11 is 5.51. The molecule has 0 aliphatic heterocycles. The van der Waals surface area contributed by atoms with Crippen LogP contribution < -0.4 is 0 Å². The highest BCUT2D eigenvalue weighted by Gasteiger charge is 1.97. The molecule has 1 aromatic heterocycles. The third kappa shape index (κ3) is 2.04. The summed E-state index contributed by atoms with van der Waals surface area (Å²) in [5.74, 6) is 4.86. The lowest BCUT2D eigenvalue weighted by atomic mass is 10.2. The van der Waals surface area contributed by atoms with Gasteiger partial charge in [0.15, 0.2) is 6.29 Å². The summed E-state index contributed by atoms with van der Waals surface area (Å²) in [6.07, 6.45) is 2.01. The van der Waals surface area contributed by atoms with Gasteiger partial charge in [-0.2, -0.15) is 0 Å². The van der Waals surface area contributed by atoms with Crippen LogP contribution >= 0.6 is 11.6 Å². The highest BCUT2D eigenvalue weighted by Crippen LogP contribution is 2.05. The zero-order chi connectivity index (χ0) is 8.97. The van der Waals surface area contributed by atoms with Crippen LogP contribution in [-0.4, -0.2) is 16.3 Å². The van der Waals surface area contributed by atoms with Crippen LogP contribution in [-0.2, 0) is 4.79 Å². The molecule has 60 valence electrons. The minimum atomic E-state index is 0.184. The molecule has 0 N–H and O–H groups in total. The number of hydrogen-bond acceptors (Lipinski definition) is 3. The van der Waals surface area contributed by atoms with Gasteiger partial charge in [-0.1, -0.05) is 5.92 Å². The lowest BCUT2D eigenvalue weighted by Crippen LogP contribution is -1.90. The van der Waals surface area contributed by atoms with Crippen LogP contribution in [0.3, 0.4) is 0 Å². The summed E-state index contributed by atoms with van der Waals surface area (Å²) in [4.78, 5) is 17.5. The van der Waals surface area contributed by atoms with Gasteiger partial charge in [-0.3, -0.25) is 4.79 Å². The van der Waals surface area contributed by atoms with E-state index in [1.807, 2.05) is 0 Å². The molecule has 0 saturated carbocycles. The summed E-state index contributed by atoms with van der Waals surface area (Å²) in [7, 11) is 0. The summed E-state index contributed by atoms with van der Waals surface area (Å²) < 4.78 is 0. The highest BCUT2D eigenvalue weighted by atomic mass is 35.5. The van der Waals surface area contributed by atoms with Crippen LogP contribution in [0.5, 0.6) is 0 Å². The van der Waals surface area contributed by atoms with Gasteiger partial charge in [0.2, 0.25) is 5.28 Å². The smallest absolute Gasteiger partial charge is 0.222 e. The molecule has 0 fully saturated rings. The Morgan fingerprint density at radius 3 is 3.00 bits per heavy atom. The van der Waals surface area contributed by atoms with E-state index in [2.05, 4.69) is 21.8 Å². The van der Waals surface area contributed by atoms with Crippen molar-refractivity contribution < 1.29 is 4.79 Å². The first-order valence-electron chi connectivity index (χ1n) is 3.18. The maximum Gasteiger partial charge on any atom is 0.222 e. The van der Waals surface area contributed by atoms with Crippen LogP contribution in [0.1, 0.15) is 11.3 Å². The molecule has 0 aromatic carbocycles. The van der Waals surface area contributed by atoms with Gasteiger partial charge in [0.1, 0.15) is 0 Å². The second kappa shape index (κ2) is 3.84. The molecule has 0 spiro atoms. The van der Waals surface area contributed by atoms with E-state index < -0.39 is 0 Å². The second-order valence-electron chi connectivity index (χ2n) is 2.03. The van der Waals surface area contributed by atoms with Gasteiger partial charge < -0.3 is 0 Å². The first-order valence-corrected chi connectivity index (χ1v) is 3.56. The fourth-order valence-corrected chi connectivity index (χ4v) is 0.844. The molecule has 0 unspecified atom stereocenters. The van der Waals surface area contributed by atoms with Crippen molar-refractivity contribution in [3.63, 3.8) is 0 Å². The first-order chi connectivity index (χ1) is 5.74. The summed E-state index contributed by atoms with van der Waals surface area (Å²) in [5, 5.41) is 0.184. The fraction of sp³-hybridized carbons (Fsp3) is 0.125. The molecule has 1 rings (SSSR count). The van der Waals surface area contributed by atoms with Crippen molar-refractivity contribution in [3.8, 4) is 11.8 Å². The van der Waals surface area contributed by atoms with Crippen molar-refractivity contribution in [1.29, 1.82) is 0 Å². The number of rotatable bonds is 0. The second-order valence-corrected chi connectivity index (χ2v) is 2.36. The monoisotopic (exact) mass is 180 g/mol. The van der Waals surface area contributed by atoms with Crippen molar-refractivity contribution >= 4 is 17.9 Å². The standard InChI is InChI=1S/C8H5ClN2O/c1-6-7(3-2-4-12)5-10-8(9)11-6/h4-5H,1H3. The molecule has 1 heterocycles. The van der Waals surface area contributed by atoms with E-state index in [1.165, 1.54) is 6.20 Å². The number of carbonyl (C=O) groups excluding carboxylic acids is 1. The zero-order valence-electron chi connectivity index (χ0n) is 6.34. The molecule has 1 aromatic rings. The molecule has 0 bridgehead atoms. The fourth-order valence-electron chi connectivity index (χ4n) is 0.669. The molecule has 0 amide bonds. The van der Waals surface area contributed by atoms with Crippen molar-refractivity contribution in [2.45, 2.75) is 6.92 Å². The van der Waals surface area contributed by atoms with Gasteiger partial charge in [0.05, 0.1) is 11.3 Å². The van der Waals surface area contributed by atoms with Gasteiger partial charge in [-0.25, -0.2) is 9.97 Å². The van der Waals surface area contributed by atoms with E-state index in [0.29, 0.717) is 17.5 Å². The lowest BCUT2D eigenvalue weighted by molar-refractivity contribution is -0.103. The van der Waals surface area contributed by atoms with Crippen LogP contribution in [0, 0.1) is 18.8 Å². The minimum absolute atomic E-state index is 0.184. The van der Waals surface area contributed by atoms with Crippen LogP contribution in [0.15, 0.2) is 6.20 Å². The van der Waals surface area contributed by atoms with Gasteiger partial charge in [-0.15, -0.1) is 0 Å². The molecule has 0 saturated heterocycles. The summed E-state index contributed by atoms with van der Waals surface area (Å²) in [6, 6.07) is 0. The van der Waals surface area contributed by atoms with Crippen molar-refractivity contribution in [3.05, 3.63) is 22.7 Å². The number of aryl methyl sites for hydroxylation is 1. The normalized spacial score (nSPS) is 8.50. The topological polar surface area (TPSA) is 42.9 Å². The lowest BCUT2D eigenvalue weighted by Gasteiger charge is -1.94. The zero-order valence-corrected chi connectivity index (χ0v) is 7.09. The maximum atomic E-state index is 9.92. The SMILES string of the molecule is Cc1nc(Cl)ncc1C#CC=O. The largest absolute Gasteiger partial charge is 0.289 e. The van der Waals surface area contributed by atoms with Crippen molar-refractivity contribution in [2.24, 2.45) is 0 Å². The van der Waals surface area contributed by atoms with Crippen LogP contribution in [0.2, 0.25) is 5.28 Å². The predicted molar refractivity (Wildman–Crippen MR) is 44.7 cm³/mol. The number of aldehydes is 1. The minimum Gasteiger partial charge on any atom is -0.289 e. The number of aromatic nitrogens is 2. The molecule has 0 radical (unpaired) electrons. The Bertz CT molecular complexity index is 365. The molecule has 0 aliphatic rings. The Balaban J connectivity index is 3.09. The summed E-state index contributed by atoms with van der Waals surface area (Å²) in [5.41, 5.74) is 1.29. The average Bonchev–Trinajstić information content (AvgIpc) is 2.03. The maximum absolute atomic E-state index is 9.92. The van der Waals surface area contributed by atoms with E-state index >= 15 is 0 Å². The van der Waals surface area contributed by atoms with Gasteiger partial charge in [-0.05, 0) is 24.4 Å². The van der Waals surface area contributed by atoms with Gasteiger partial charge >= 0.3 is 0 Å². The van der Waals surface area contributed by atoms with Crippen molar-refractivity contribution in [2.75, 3.05) is 0 Å². The Morgan fingerprint density at radius 1 is 1.67 bits per heavy atom. The number of nitrogens with zero attached hydrogens (tertiary/aromatic N) is 2. The number of halogens is 1. The van der Waals surface area contributed by atoms with E-state index in [4.69, 9.17) is 11.6 Å². The molecule has 0 aliphatic carbocycles. The number of carbonyl (C=O) groups is 1.